The standard InChI is InChI=1S/C17H23ClN2O/c1-11(8-12-4-2-6-14(18)9-12)20-17(21)16-15-7-3-5-13(15)10-19-16/h2,4,6,9,11,13,15-16,19H,3,5,7-8,10H2,1H3,(H,20,21). The first kappa shape index (κ1) is 14.9. The number of halogens is 1. The fourth-order valence-corrected chi connectivity index (χ4v) is 4.09. The molecule has 1 amide bonds. The summed E-state index contributed by atoms with van der Waals surface area (Å²) in [6.45, 7) is 3.06. The van der Waals surface area contributed by atoms with Crippen molar-refractivity contribution in [2.24, 2.45) is 11.8 Å². The van der Waals surface area contributed by atoms with Crippen LogP contribution in [0.5, 0.6) is 0 Å². The number of benzene rings is 1. The van der Waals surface area contributed by atoms with Crippen LogP contribution in [0.2, 0.25) is 5.02 Å². The Balaban J connectivity index is 1.55. The molecule has 2 aliphatic rings. The van der Waals surface area contributed by atoms with Gasteiger partial charge >= 0.3 is 0 Å². The summed E-state index contributed by atoms with van der Waals surface area (Å²) in [6, 6.07) is 7.98. The summed E-state index contributed by atoms with van der Waals surface area (Å²) in [5.74, 6) is 1.42. The zero-order chi connectivity index (χ0) is 14.8. The van der Waals surface area contributed by atoms with E-state index in [2.05, 4.69) is 23.6 Å². The van der Waals surface area contributed by atoms with Gasteiger partial charge in [-0.15, -0.1) is 0 Å². The van der Waals surface area contributed by atoms with Crippen molar-refractivity contribution in [3.63, 3.8) is 0 Å². The van der Waals surface area contributed by atoms with Gasteiger partial charge in [-0.05, 0) is 62.3 Å². The summed E-state index contributed by atoms with van der Waals surface area (Å²) >= 11 is 6.00. The second kappa shape index (κ2) is 6.37. The number of hydrogen-bond acceptors (Lipinski definition) is 2. The molecule has 114 valence electrons. The van der Waals surface area contributed by atoms with Crippen LogP contribution in [-0.4, -0.2) is 24.5 Å². The van der Waals surface area contributed by atoms with Gasteiger partial charge < -0.3 is 10.6 Å². The molecule has 1 saturated heterocycles. The third kappa shape index (κ3) is 3.41. The van der Waals surface area contributed by atoms with Crippen LogP contribution in [0, 0.1) is 11.8 Å². The largest absolute Gasteiger partial charge is 0.352 e. The molecule has 1 aromatic carbocycles. The Labute approximate surface area is 131 Å². The second-order valence-corrected chi connectivity index (χ2v) is 6.92. The molecule has 0 bridgehead atoms. The quantitative estimate of drug-likeness (QED) is 0.898. The molecule has 1 saturated carbocycles. The topological polar surface area (TPSA) is 41.1 Å². The van der Waals surface area contributed by atoms with Gasteiger partial charge in [0.25, 0.3) is 0 Å². The third-order valence-corrected chi connectivity index (χ3v) is 5.08. The average molecular weight is 307 g/mol. The van der Waals surface area contributed by atoms with Crippen LogP contribution in [0.25, 0.3) is 0 Å². The SMILES string of the molecule is CC(Cc1cccc(Cl)c1)NC(=O)C1NCC2CCCC21. The second-order valence-electron chi connectivity index (χ2n) is 6.48. The zero-order valence-corrected chi connectivity index (χ0v) is 13.2. The predicted octanol–water partition coefficient (Wildman–Crippen LogP) is 2.78. The van der Waals surface area contributed by atoms with Crippen molar-refractivity contribution < 1.29 is 4.79 Å². The summed E-state index contributed by atoms with van der Waals surface area (Å²) in [6.07, 6.45) is 4.56. The first-order valence-electron chi connectivity index (χ1n) is 7.91. The predicted molar refractivity (Wildman–Crippen MR) is 85.4 cm³/mol. The number of fused-ring (bicyclic) bond motifs is 1. The zero-order valence-electron chi connectivity index (χ0n) is 12.4. The van der Waals surface area contributed by atoms with E-state index in [-0.39, 0.29) is 18.0 Å². The molecule has 1 aliphatic heterocycles. The normalized spacial score (nSPS) is 29.1. The molecule has 2 fully saturated rings. The summed E-state index contributed by atoms with van der Waals surface area (Å²) in [4.78, 5) is 12.5. The molecule has 0 spiro atoms. The first-order valence-corrected chi connectivity index (χ1v) is 8.29. The first-order chi connectivity index (χ1) is 10.1. The van der Waals surface area contributed by atoms with Crippen LogP contribution in [0.15, 0.2) is 24.3 Å². The number of nitrogens with one attached hydrogen (secondary N) is 2. The molecule has 1 aromatic rings. The summed E-state index contributed by atoms with van der Waals surface area (Å²) in [7, 11) is 0. The van der Waals surface area contributed by atoms with Crippen molar-refractivity contribution in [2.75, 3.05) is 6.54 Å². The molecule has 1 heterocycles. The molecule has 4 heteroatoms. The van der Waals surface area contributed by atoms with Crippen LogP contribution in [0.4, 0.5) is 0 Å². The minimum absolute atomic E-state index is 0.0133. The van der Waals surface area contributed by atoms with E-state index in [9.17, 15) is 4.79 Å². The van der Waals surface area contributed by atoms with E-state index in [1.54, 1.807) is 0 Å². The van der Waals surface area contributed by atoms with E-state index in [4.69, 9.17) is 11.6 Å². The van der Waals surface area contributed by atoms with Gasteiger partial charge in [0.1, 0.15) is 0 Å². The Hall–Kier alpha value is -1.06. The van der Waals surface area contributed by atoms with E-state index in [1.807, 2.05) is 18.2 Å². The lowest BCUT2D eigenvalue weighted by atomic mass is 9.93. The molecule has 2 N–H and O–H groups in total. The van der Waals surface area contributed by atoms with Gasteiger partial charge in [0.15, 0.2) is 0 Å². The highest BCUT2D eigenvalue weighted by atomic mass is 35.5. The van der Waals surface area contributed by atoms with Crippen molar-refractivity contribution in [2.45, 2.75) is 44.7 Å². The van der Waals surface area contributed by atoms with Gasteiger partial charge in [0.2, 0.25) is 5.91 Å². The maximum absolute atomic E-state index is 12.5. The Morgan fingerprint density at radius 1 is 1.48 bits per heavy atom. The highest BCUT2D eigenvalue weighted by Gasteiger charge is 2.42. The Morgan fingerprint density at radius 3 is 3.14 bits per heavy atom. The van der Waals surface area contributed by atoms with Gasteiger partial charge in [0.05, 0.1) is 6.04 Å². The number of hydrogen-bond donors (Lipinski definition) is 2. The number of carbonyl (C=O) groups excluding carboxylic acids is 1. The third-order valence-electron chi connectivity index (χ3n) is 4.85. The number of amides is 1. The maximum atomic E-state index is 12.5. The van der Waals surface area contributed by atoms with Gasteiger partial charge in [0, 0.05) is 11.1 Å². The molecule has 21 heavy (non-hydrogen) atoms. The molecular formula is C17H23ClN2O. The fraction of sp³-hybridized carbons (Fsp3) is 0.588. The molecule has 3 rings (SSSR count). The fourth-order valence-electron chi connectivity index (χ4n) is 3.88. The highest BCUT2D eigenvalue weighted by Crippen LogP contribution is 2.37. The highest BCUT2D eigenvalue weighted by molar-refractivity contribution is 6.30. The van der Waals surface area contributed by atoms with Crippen LogP contribution in [0.1, 0.15) is 31.7 Å². The van der Waals surface area contributed by atoms with Crippen molar-refractivity contribution in [3.8, 4) is 0 Å². The van der Waals surface area contributed by atoms with Gasteiger partial charge in [-0.25, -0.2) is 0 Å². The minimum Gasteiger partial charge on any atom is -0.352 e. The Kier molecular flexibility index (Phi) is 4.51. The molecule has 4 atom stereocenters. The summed E-state index contributed by atoms with van der Waals surface area (Å²) in [5.41, 5.74) is 1.16. The van der Waals surface area contributed by atoms with Crippen molar-refractivity contribution in [3.05, 3.63) is 34.9 Å². The van der Waals surface area contributed by atoms with Crippen LogP contribution < -0.4 is 10.6 Å². The molecule has 3 nitrogen and oxygen atoms in total. The summed E-state index contributed by atoms with van der Waals surface area (Å²) < 4.78 is 0. The van der Waals surface area contributed by atoms with E-state index in [1.165, 1.54) is 19.3 Å². The molecule has 4 unspecified atom stereocenters. The molecule has 0 aromatic heterocycles. The van der Waals surface area contributed by atoms with Crippen molar-refractivity contribution >= 4 is 17.5 Å². The van der Waals surface area contributed by atoms with Crippen LogP contribution in [0.3, 0.4) is 0 Å². The smallest absolute Gasteiger partial charge is 0.237 e. The lowest BCUT2D eigenvalue weighted by Gasteiger charge is -2.21. The van der Waals surface area contributed by atoms with Gasteiger partial charge in [-0.1, -0.05) is 30.2 Å². The monoisotopic (exact) mass is 306 g/mol. The Morgan fingerprint density at radius 2 is 2.33 bits per heavy atom. The lowest BCUT2D eigenvalue weighted by molar-refractivity contribution is -0.124. The molecular weight excluding hydrogens is 284 g/mol. The molecule has 1 aliphatic carbocycles. The lowest BCUT2D eigenvalue weighted by Crippen LogP contribution is -2.47. The van der Waals surface area contributed by atoms with E-state index < -0.39 is 0 Å². The van der Waals surface area contributed by atoms with Crippen molar-refractivity contribution in [1.29, 1.82) is 0 Å². The van der Waals surface area contributed by atoms with E-state index in [0.717, 1.165) is 23.6 Å². The van der Waals surface area contributed by atoms with Crippen LogP contribution in [-0.2, 0) is 11.2 Å². The van der Waals surface area contributed by atoms with Crippen molar-refractivity contribution in [1.82, 2.24) is 10.6 Å². The molecule has 0 radical (unpaired) electrons. The minimum atomic E-state index is 0.0133. The van der Waals surface area contributed by atoms with Gasteiger partial charge in [-0.2, -0.15) is 0 Å². The Bertz CT molecular complexity index is 519. The van der Waals surface area contributed by atoms with Gasteiger partial charge in [-0.3, -0.25) is 4.79 Å². The maximum Gasteiger partial charge on any atom is 0.237 e. The van der Waals surface area contributed by atoms with E-state index >= 15 is 0 Å². The van der Waals surface area contributed by atoms with Crippen LogP contribution >= 0.6 is 11.6 Å². The summed E-state index contributed by atoms with van der Waals surface area (Å²) in [5, 5.41) is 7.31. The average Bonchev–Trinajstić information content (AvgIpc) is 3.00. The van der Waals surface area contributed by atoms with E-state index in [0.29, 0.717) is 11.8 Å². The number of carbonyl (C=O) groups is 1. The number of rotatable bonds is 4.